The van der Waals surface area contributed by atoms with E-state index in [4.69, 9.17) is 0 Å². The summed E-state index contributed by atoms with van der Waals surface area (Å²) < 4.78 is -0.0615. The quantitative estimate of drug-likeness (QED) is 0.654. The maximum absolute atomic E-state index is 11.2. The highest BCUT2D eigenvalue weighted by atomic mass is 32.2. The number of hydrogen-bond donors (Lipinski definition) is 2. The topological polar surface area (TPSA) is 40.5 Å². The van der Waals surface area contributed by atoms with Gasteiger partial charge in [0.25, 0.3) is 0 Å². The van der Waals surface area contributed by atoms with Crippen LogP contribution in [-0.2, 0) is 4.79 Å². The molecule has 1 atom stereocenters. The molecule has 0 saturated carbocycles. The van der Waals surface area contributed by atoms with Crippen LogP contribution in [0.1, 0.15) is 19.8 Å². The van der Waals surface area contributed by atoms with Crippen molar-refractivity contribution in [3.8, 4) is 0 Å². The first-order chi connectivity index (χ1) is 8.63. The predicted octanol–water partition coefficient (Wildman–Crippen LogP) is 3.58. The van der Waals surface area contributed by atoms with Crippen LogP contribution in [0.2, 0.25) is 0 Å². The molecular formula is C13H15NO2S2. The van der Waals surface area contributed by atoms with E-state index in [-0.39, 0.29) is 4.71 Å². The molecule has 0 bridgehead atoms. The maximum Gasteiger partial charge on any atom is 0.333 e. The second-order valence-corrected chi connectivity index (χ2v) is 5.99. The normalized spacial score (nSPS) is 18.9. The molecule has 96 valence electrons. The van der Waals surface area contributed by atoms with Gasteiger partial charge < -0.3 is 10.0 Å². The first kappa shape index (κ1) is 13.4. The van der Waals surface area contributed by atoms with Gasteiger partial charge in [0, 0.05) is 11.1 Å². The Morgan fingerprint density at radius 2 is 2.28 bits per heavy atom. The van der Waals surface area contributed by atoms with Crippen LogP contribution in [0.5, 0.6) is 0 Å². The minimum Gasteiger partial charge on any atom is -0.478 e. The molecule has 1 aromatic rings. The molecule has 1 N–H and O–H groups in total. The first-order valence-corrected chi connectivity index (χ1v) is 7.19. The fourth-order valence-electron chi connectivity index (χ4n) is 1.86. The average Bonchev–Trinajstić information content (AvgIpc) is 2.65. The summed E-state index contributed by atoms with van der Waals surface area (Å²) in [6, 6.07) is 7.94. The Labute approximate surface area is 116 Å². The van der Waals surface area contributed by atoms with E-state index in [2.05, 4.69) is 12.6 Å². The number of anilines is 1. The Kier molecular flexibility index (Phi) is 4.24. The molecular weight excluding hydrogens is 266 g/mol. The third-order valence-corrected chi connectivity index (χ3v) is 4.30. The van der Waals surface area contributed by atoms with Crippen molar-refractivity contribution in [2.75, 3.05) is 4.90 Å². The first-order valence-electron chi connectivity index (χ1n) is 5.79. The summed E-state index contributed by atoms with van der Waals surface area (Å²) >= 11 is 6.12. The summed E-state index contributed by atoms with van der Waals surface area (Å²) in [4.78, 5) is 14.2. The molecule has 2 rings (SSSR count). The highest BCUT2D eigenvalue weighted by Gasteiger charge is 2.26. The van der Waals surface area contributed by atoms with Gasteiger partial charge in [0.2, 0.25) is 0 Å². The van der Waals surface area contributed by atoms with Gasteiger partial charge in [-0.1, -0.05) is 37.2 Å². The van der Waals surface area contributed by atoms with Gasteiger partial charge in [-0.05, 0) is 18.6 Å². The standard InChI is InChI=1S/C13H15NO2S2/c1-2-5-9(12(15)16)8-14-10-6-3-4-7-11(10)18-13(14)17/h3-4,6-8,13,17H,2,5H2,1H3,(H,15,16). The second kappa shape index (κ2) is 5.71. The number of thiol groups is 1. The van der Waals surface area contributed by atoms with Crippen LogP contribution in [0.4, 0.5) is 5.69 Å². The van der Waals surface area contributed by atoms with Gasteiger partial charge in [-0.25, -0.2) is 4.79 Å². The molecule has 0 aliphatic carbocycles. The highest BCUT2D eigenvalue weighted by Crippen LogP contribution is 2.45. The lowest BCUT2D eigenvalue weighted by Crippen LogP contribution is -2.20. The minimum absolute atomic E-state index is 0.0615. The molecule has 18 heavy (non-hydrogen) atoms. The van der Waals surface area contributed by atoms with Crippen LogP contribution in [0.3, 0.4) is 0 Å². The number of carboxylic acids is 1. The lowest BCUT2D eigenvalue weighted by atomic mass is 10.1. The summed E-state index contributed by atoms with van der Waals surface area (Å²) in [6.07, 6.45) is 3.10. The van der Waals surface area contributed by atoms with Gasteiger partial charge in [-0.3, -0.25) is 0 Å². The fraction of sp³-hybridized carbons (Fsp3) is 0.308. The third kappa shape index (κ3) is 2.67. The van der Waals surface area contributed by atoms with Crippen molar-refractivity contribution in [2.24, 2.45) is 0 Å². The Hall–Kier alpha value is -1.07. The van der Waals surface area contributed by atoms with Gasteiger partial charge in [-0.15, -0.1) is 12.6 Å². The molecule has 0 saturated heterocycles. The number of rotatable bonds is 4. The number of carboxylic acid groups (broad SMARTS) is 1. The molecule has 1 aromatic carbocycles. The molecule has 1 aliphatic rings. The SMILES string of the molecule is CCCC(=CN1c2ccccc2SC1S)C(=O)O. The van der Waals surface area contributed by atoms with Gasteiger partial charge >= 0.3 is 5.97 Å². The van der Waals surface area contributed by atoms with Gasteiger partial charge in [0.15, 0.2) is 0 Å². The van der Waals surface area contributed by atoms with Crippen molar-refractivity contribution in [1.29, 1.82) is 0 Å². The van der Waals surface area contributed by atoms with Gasteiger partial charge in [0.05, 0.1) is 11.3 Å². The van der Waals surface area contributed by atoms with E-state index >= 15 is 0 Å². The van der Waals surface area contributed by atoms with E-state index in [0.29, 0.717) is 12.0 Å². The van der Waals surface area contributed by atoms with Crippen molar-refractivity contribution in [3.63, 3.8) is 0 Å². The van der Waals surface area contributed by atoms with E-state index < -0.39 is 5.97 Å². The van der Waals surface area contributed by atoms with E-state index in [1.165, 1.54) is 0 Å². The van der Waals surface area contributed by atoms with Crippen molar-refractivity contribution < 1.29 is 9.90 Å². The Bertz CT molecular complexity index is 488. The van der Waals surface area contributed by atoms with Crippen molar-refractivity contribution in [2.45, 2.75) is 29.4 Å². The molecule has 0 aromatic heterocycles. The largest absolute Gasteiger partial charge is 0.478 e. The van der Waals surface area contributed by atoms with E-state index in [0.717, 1.165) is 17.0 Å². The van der Waals surface area contributed by atoms with E-state index in [9.17, 15) is 9.90 Å². The van der Waals surface area contributed by atoms with Crippen molar-refractivity contribution >= 4 is 36.0 Å². The monoisotopic (exact) mass is 281 g/mol. The van der Waals surface area contributed by atoms with Crippen molar-refractivity contribution in [1.82, 2.24) is 0 Å². The van der Waals surface area contributed by atoms with Crippen LogP contribution < -0.4 is 4.90 Å². The molecule has 1 unspecified atom stereocenters. The summed E-state index contributed by atoms with van der Waals surface area (Å²) in [6.45, 7) is 1.97. The Balaban J connectivity index is 2.33. The van der Waals surface area contributed by atoms with Crippen LogP contribution in [0.25, 0.3) is 0 Å². The number of aliphatic carboxylic acids is 1. The van der Waals surface area contributed by atoms with Crippen LogP contribution in [-0.4, -0.2) is 15.8 Å². The smallest absolute Gasteiger partial charge is 0.333 e. The molecule has 1 heterocycles. The average molecular weight is 281 g/mol. The number of hydrogen-bond acceptors (Lipinski definition) is 4. The zero-order chi connectivity index (χ0) is 13.1. The summed E-state index contributed by atoms with van der Waals surface area (Å²) in [5, 5.41) is 9.17. The number of fused-ring (bicyclic) bond motifs is 1. The van der Waals surface area contributed by atoms with Gasteiger partial charge in [0.1, 0.15) is 4.71 Å². The molecule has 1 aliphatic heterocycles. The lowest BCUT2D eigenvalue weighted by Gasteiger charge is -2.19. The highest BCUT2D eigenvalue weighted by molar-refractivity contribution is 8.11. The maximum atomic E-state index is 11.2. The van der Waals surface area contributed by atoms with Crippen LogP contribution in [0.15, 0.2) is 40.9 Å². The number of para-hydroxylation sites is 1. The molecule has 0 spiro atoms. The zero-order valence-corrected chi connectivity index (χ0v) is 11.7. The summed E-state index contributed by atoms with van der Waals surface area (Å²) in [5.41, 5.74) is 1.45. The molecule has 3 nitrogen and oxygen atoms in total. The zero-order valence-electron chi connectivity index (χ0n) is 10.0. The summed E-state index contributed by atoms with van der Waals surface area (Å²) in [5.74, 6) is -0.855. The second-order valence-electron chi connectivity index (χ2n) is 4.03. The number of nitrogens with zero attached hydrogens (tertiary/aromatic N) is 1. The Morgan fingerprint density at radius 3 is 2.94 bits per heavy atom. The van der Waals surface area contributed by atoms with Crippen molar-refractivity contribution in [3.05, 3.63) is 36.0 Å². The number of benzene rings is 1. The minimum atomic E-state index is -0.855. The summed E-state index contributed by atoms with van der Waals surface area (Å²) in [7, 11) is 0. The van der Waals surface area contributed by atoms with E-state index in [1.54, 1.807) is 18.0 Å². The van der Waals surface area contributed by atoms with Crippen LogP contribution in [0, 0.1) is 0 Å². The molecule has 0 amide bonds. The molecule has 5 heteroatoms. The number of carbonyl (C=O) groups is 1. The number of thioether (sulfide) groups is 1. The third-order valence-electron chi connectivity index (χ3n) is 2.70. The lowest BCUT2D eigenvalue weighted by molar-refractivity contribution is -0.132. The van der Waals surface area contributed by atoms with E-state index in [1.807, 2.05) is 36.1 Å². The Morgan fingerprint density at radius 1 is 1.56 bits per heavy atom. The fourth-order valence-corrected chi connectivity index (χ4v) is 3.35. The predicted molar refractivity (Wildman–Crippen MR) is 78.2 cm³/mol. The van der Waals surface area contributed by atoms with Gasteiger partial charge in [-0.2, -0.15) is 0 Å². The van der Waals surface area contributed by atoms with Crippen LogP contribution >= 0.6 is 24.4 Å². The molecule has 0 fully saturated rings. The molecule has 0 radical (unpaired) electrons.